The molecule has 2 aliphatic rings. The van der Waals surface area contributed by atoms with E-state index in [1.165, 1.54) is 5.56 Å². The van der Waals surface area contributed by atoms with Crippen molar-refractivity contribution < 1.29 is 14.6 Å². The van der Waals surface area contributed by atoms with Gasteiger partial charge in [0, 0.05) is 11.6 Å². The van der Waals surface area contributed by atoms with Gasteiger partial charge in [-0.15, -0.1) is 0 Å². The van der Waals surface area contributed by atoms with Gasteiger partial charge in [0.05, 0.1) is 25.4 Å². The maximum Gasteiger partial charge on any atom is 0.160 e. The van der Waals surface area contributed by atoms with E-state index in [9.17, 15) is 5.11 Å². The third kappa shape index (κ3) is 3.14. The summed E-state index contributed by atoms with van der Waals surface area (Å²) in [5, 5.41) is 13.8. The van der Waals surface area contributed by atoms with E-state index in [-0.39, 0.29) is 18.4 Å². The highest BCUT2D eigenvalue weighted by atomic mass is 16.7. The average Bonchev–Trinajstić information content (AvgIpc) is 2.97. The van der Waals surface area contributed by atoms with Gasteiger partial charge in [0.25, 0.3) is 0 Å². The average molecular weight is 277 g/mol. The Kier molecular flexibility index (Phi) is 4.24. The van der Waals surface area contributed by atoms with Crippen molar-refractivity contribution in [3.8, 4) is 0 Å². The summed E-state index contributed by atoms with van der Waals surface area (Å²) in [5.41, 5.74) is 2.32. The molecule has 2 N–H and O–H groups in total. The van der Waals surface area contributed by atoms with Crippen LogP contribution in [0.25, 0.3) is 0 Å². The Bertz CT molecular complexity index is 428. The van der Waals surface area contributed by atoms with Crippen LogP contribution in [0, 0.1) is 12.8 Å². The van der Waals surface area contributed by atoms with Crippen molar-refractivity contribution in [2.45, 2.75) is 44.6 Å². The number of aryl methyl sites for hydroxylation is 1. The first-order valence-electron chi connectivity index (χ1n) is 7.47. The molecule has 1 aliphatic carbocycles. The smallest absolute Gasteiger partial charge is 0.160 e. The molecule has 1 aromatic carbocycles. The second-order valence-corrected chi connectivity index (χ2v) is 5.87. The van der Waals surface area contributed by atoms with E-state index in [1.807, 2.05) is 0 Å². The fourth-order valence-corrected chi connectivity index (χ4v) is 3.11. The predicted octanol–water partition coefficient (Wildman–Crippen LogP) is 2.31. The minimum absolute atomic E-state index is 0.107. The molecule has 0 spiro atoms. The van der Waals surface area contributed by atoms with Crippen molar-refractivity contribution in [2.24, 2.45) is 5.92 Å². The van der Waals surface area contributed by atoms with Crippen molar-refractivity contribution in [2.75, 3.05) is 18.5 Å². The molecule has 3 rings (SSSR count). The highest BCUT2D eigenvalue weighted by Gasteiger charge is 2.35. The molecule has 1 saturated carbocycles. The van der Waals surface area contributed by atoms with Crippen molar-refractivity contribution in [1.82, 2.24) is 0 Å². The second-order valence-electron chi connectivity index (χ2n) is 5.87. The van der Waals surface area contributed by atoms with E-state index in [0.717, 1.165) is 24.9 Å². The van der Waals surface area contributed by atoms with E-state index in [2.05, 4.69) is 36.5 Å². The third-order valence-corrected chi connectivity index (χ3v) is 4.29. The molecule has 3 unspecified atom stereocenters. The lowest BCUT2D eigenvalue weighted by atomic mass is 9.83. The molecule has 0 radical (unpaired) electrons. The van der Waals surface area contributed by atoms with Gasteiger partial charge in [0.15, 0.2) is 6.29 Å². The first-order chi connectivity index (χ1) is 9.72. The first-order valence-corrected chi connectivity index (χ1v) is 7.47. The molecule has 4 nitrogen and oxygen atoms in total. The van der Waals surface area contributed by atoms with Gasteiger partial charge in [0.1, 0.15) is 0 Å². The minimum Gasteiger partial charge on any atom is -0.391 e. The number of hydrogen-bond donors (Lipinski definition) is 2. The molecule has 20 heavy (non-hydrogen) atoms. The Morgan fingerprint density at radius 2 is 1.80 bits per heavy atom. The van der Waals surface area contributed by atoms with Crippen molar-refractivity contribution in [1.29, 1.82) is 0 Å². The number of anilines is 1. The summed E-state index contributed by atoms with van der Waals surface area (Å²) in [6.45, 7) is 3.44. The maximum absolute atomic E-state index is 10.3. The molecule has 3 atom stereocenters. The van der Waals surface area contributed by atoms with Crippen LogP contribution in [0.2, 0.25) is 0 Å². The summed E-state index contributed by atoms with van der Waals surface area (Å²) in [6.07, 6.45) is 2.27. The van der Waals surface area contributed by atoms with Gasteiger partial charge >= 0.3 is 0 Å². The van der Waals surface area contributed by atoms with E-state index >= 15 is 0 Å². The normalized spacial score (nSPS) is 31.4. The van der Waals surface area contributed by atoms with E-state index < -0.39 is 0 Å². The van der Waals surface area contributed by atoms with Crippen LogP contribution in [0.15, 0.2) is 24.3 Å². The molecule has 0 amide bonds. The lowest BCUT2D eigenvalue weighted by Gasteiger charge is -2.35. The summed E-state index contributed by atoms with van der Waals surface area (Å²) >= 11 is 0. The fraction of sp³-hybridized carbons (Fsp3) is 0.625. The van der Waals surface area contributed by atoms with E-state index in [1.54, 1.807) is 0 Å². The summed E-state index contributed by atoms with van der Waals surface area (Å²) in [4.78, 5) is 0. The number of benzene rings is 1. The lowest BCUT2D eigenvalue weighted by Crippen LogP contribution is -2.42. The van der Waals surface area contributed by atoms with Crippen molar-refractivity contribution in [3.05, 3.63) is 29.8 Å². The highest BCUT2D eigenvalue weighted by Crippen LogP contribution is 2.32. The topological polar surface area (TPSA) is 50.7 Å². The van der Waals surface area contributed by atoms with Gasteiger partial charge in [-0.1, -0.05) is 17.7 Å². The molecular weight excluding hydrogens is 254 g/mol. The number of aliphatic hydroxyl groups excluding tert-OH is 1. The quantitative estimate of drug-likeness (QED) is 0.890. The maximum atomic E-state index is 10.3. The Hall–Kier alpha value is -1.10. The van der Waals surface area contributed by atoms with Gasteiger partial charge in [0.2, 0.25) is 0 Å². The third-order valence-electron chi connectivity index (χ3n) is 4.29. The van der Waals surface area contributed by atoms with E-state index in [4.69, 9.17) is 9.47 Å². The molecule has 1 aromatic rings. The van der Waals surface area contributed by atoms with Crippen LogP contribution < -0.4 is 5.32 Å². The Morgan fingerprint density at radius 1 is 1.10 bits per heavy atom. The zero-order valence-electron chi connectivity index (χ0n) is 11.9. The van der Waals surface area contributed by atoms with Crippen LogP contribution >= 0.6 is 0 Å². The number of ether oxygens (including phenoxy) is 2. The second kappa shape index (κ2) is 6.12. The molecular formula is C16H23NO3. The minimum atomic E-state index is -0.345. The van der Waals surface area contributed by atoms with Crippen LogP contribution in [0.5, 0.6) is 0 Å². The molecule has 1 saturated heterocycles. The molecule has 2 fully saturated rings. The zero-order chi connectivity index (χ0) is 13.9. The Balaban J connectivity index is 1.55. The van der Waals surface area contributed by atoms with Crippen molar-refractivity contribution in [3.63, 3.8) is 0 Å². The van der Waals surface area contributed by atoms with Crippen LogP contribution in [0.4, 0.5) is 5.69 Å². The predicted molar refractivity (Wildman–Crippen MR) is 77.6 cm³/mol. The molecule has 1 heterocycles. The highest BCUT2D eigenvalue weighted by molar-refractivity contribution is 5.45. The zero-order valence-corrected chi connectivity index (χ0v) is 11.9. The van der Waals surface area contributed by atoms with Crippen LogP contribution in [0.1, 0.15) is 24.8 Å². The molecule has 1 aliphatic heterocycles. The van der Waals surface area contributed by atoms with Gasteiger partial charge < -0.3 is 19.9 Å². The molecule has 4 heteroatoms. The number of aliphatic hydroxyl groups is 1. The van der Waals surface area contributed by atoms with E-state index in [0.29, 0.717) is 19.1 Å². The molecule has 0 bridgehead atoms. The monoisotopic (exact) mass is 277 g/mol. The molecule has 0 aromatic heterocycles. The standard InChI is InChI=1S/C16H23NO3/c1-11-2-5-13(6-3-11)17-14-7-4-12(10-15(14)18)16-19-8-9-20-16/h2-3,5-6,12,14-18H,4,7-10H2,1H3. The summed E-state index contributed by atoms with van der Waals surface area (Å²) in [5.74, 6) is 0.323. The van der Waals surface area contributed by atoms with Gasteiger partial charge in [-0.3, -0.25) is 0 Å². The van der Waals surface area contributed by atoms with Gasteiger partial charge in [-0.25, -0.2) is 0 Å². The number of nitrogens with one attached hydrogen (secondary N) is 1. The van der Waals surface area contributed by atoms with Crippen LogP contribution in [0.3, 0.4) is 0 Å². The largest absolute Gasteiger partial charge is 0.391 e. The lowest BCUT2D eigenvalue weighted by molar-refractivity contribution is -0.105. The Morgan fingerprint density at radius 3 is 2.45 bits per heavy atom. The van der Waals surface area contributed by atoms with Crippen molar-refractivity contribution >= 4 is 5.69 Å². The summed E-state index contributed by atoms with van der Waals surface area (Å²) in [6, 6.07) is 8.42. The van der Waals surface area contributed by atoms with Crippen LogP contribution in [-0.4, -0.2) is 36.8 Å². The molecule has 110 valence electrons. The number of rotatable bonds is 3. The van der Waals surface area contributed by atoms with Gasteiger partial charge in [-0.2, -0.15) is 0 Å². The first kappa shape index (κ1) is 13.9. The summed E-state index contributed by atoms with van der Waals surface area (Å²) in [7, 11) is 0. The van der Waals surface area contributed by atoms with Gasteiger partial charge in [-0.05, 0) is 38.3 Å². The SMILES string of the molecule is Cc1ccc(NC2CCC(C3OCCO3)CC2O)cc1. The number of hydrogen-bond acceptors (Lipinski definition) is 4. The summed E-state index contributed by atoms with van der Waals surface area (Å²) < 4.78 is 11.1. The fourth-order valence-electron chi connectivity index (χ4n) is 3.11. The van der Waals surface area contributed by atoms with Crippen LogP contribution in [-0.2, 0) is 9.47 Å². The Labute approximate surface area is 120 Å².